The fourth-order valence-corrected chi connectivity index (χ4v) is 2.16. The molecular weight excluding hydrogens is 281 g/mol. The molecule has 0 radical (unpaired) electrons. The standard InChI is InChI=1S/C14H18FNO3S/c1-11(2)20(17,18)9-8-19-14-10-13(15)6-5-12(14)4-3-7-16/h5-6,10-11H,7-9,16H2,1-2H3. The van der Waals surface area contributed by atoms with Crippen molar-refractivity contribution in [2.24, 2.45) is 5.73 Å². The van der Waals surface area contributed by atoms with Gasteiger partial charge in [0.05, 0.1) is 23.1 Å². The number of hydrogen-bond donors (Lipinski definition) is 1. The molecule has 1 rings (SSSR count). The average Bonchev–Trinajstić information content (AvgIpc) is 2.37. The predicted octanol–water partition coefficient (Wildman–Crippen LogP) is 1.34. The normalized spacial score (nSPS) is 11.1. The molecule has 0 unspecified atom stereocenters. The Bertz CT molecular complexity index is 615. The fraction of sp³-hybridized carbons (Fsp3) is 0.429. The molecule has 0 heterocycles. The molecule has 0 saturated carbocycles. The van der Waals surface area contributed by atoms with E-state index in [1.54, 1.807) is 13.8 Å². The van der Waals surface area contributed by atoms with Crippen LogP contribution in [-0.4, -0.2) is 32.6 Å². The van der Waals surface area contributed by atoms with Gasteiger partial charge in [0, 0.05) is 6.07 Å². The number of sulfone groups is 1. The summed E-state index contributed by atoms with van der Waals surface area (Å²) >= 11 is 0. The van der Waals surface area contributed by atoms with Crippen LogP contribution in [0.1, 0.15) is 19.4 Å². The van der Waals surface area contributed by atoms with Crippen molar-refractivity contribution < 1.29 is 17.5 Å². The third-order valence-corrected chi connectivity index (χ3v) is 4.78. The Balaban J connectivity index is 2.79. The van der Waals surface area contributed by atoms with Crippen molar-refractivity contribution in [1.82, 2.24) is 0 Å². The van der Waals surface area contributed by atoms with Crippen molar-refractivity contribution in [3.05, 3.63) is 29.6 Å². The van der Waals surface area contributed by atoms with Gasteiger partial charge in [-0.05, 0) is 26.0 Å². The zero-order chi connectivity index (χ0) is 15.2. The molecule has 0 bridgehead atoms. The number of ether oxygens (including phenoxy) is 1. The second-order valence-electron chi connectivity index (χ2n) is 4.41. The van der Waals surface area contributed by atoms with Crippen LogP contribution in [0.4, 0.5) is 4.39 Å². The van der Waals surface area contributed by atoms with E-state index in [-0.39, 0.29) is 24.7 Å². The van der Waals surface area contributed by atoms with Crippen molar-refractivity contribution in [3.63, 3.8) is 0 Å². The molecule has 0 aliphatic carbocycles. The minimum absolute atomic E-state index is 0.0404. The van der Waals surface area contributed by atoms with E-state index in [0.29, 0.717) is 5.56 Å². The quantitative estimate of drug-likeness (QED) is 0.833. The average molecular weight is 299 g/mol. The summed E-state index contributed by atoms with van der Waals surface area (Å²) in [4.78, 5) is 0. The highest BCUT2D eigenvalue weighted by Crippen LogP contribution is 2.19. The molecule has 0 amide bonds. The van der Waals surface area contributed by atoms with Gasteiger partial charge in [-0.25, -0.2) is 12.8 Å². The van der Waals surface area contributed by atoms with E-state index in [9.17, 15) is 12.8 Å². The minimum Gasteiger partial charge on any atom is -0.491 e. The summed E-state index contributed by atoms with van der Waals surface area (Å²) in [6.07, 6.45) is 0. The molecule has 0 aliphatic heterocycles. The molecular formula is C14H18FNO3S. The van der Waals surface area contributed by atoms with Gasteiger partial charge in [0.25, 0.3) is 0 Å². The molecule has 4 nitrogen and oxygen atoms in total. The van der Waals surface area contributed by atoms with E-state index in [1.807, 2.05) is 0 Å². The molecule has 0 atom stereocenters. The van der Waals surface area contributed by atoms with Crippen LogP contribution >= 0.6 is 0 Å². The molecule has 0 aromatic heterocycles. The number of hydrogen-bond acceptors (Lipinski definition) is 4. The van der Waals surface area contributed by atoms with Gasteiger partial charge in [-0.15, -0.1) is 0 Å². The van der Waals surface area contributed by atoms with Crippen LogP contribution in [0.5, 0.6) is 5.75 Å². The predicted molar refractivity (Wildman–Crippen MR) is 76.8 cm³/mol. The molecule has 0 fully saturated rings. The van der Waals surface area contributed by atoms with E-state index < -0.39 is 20.9 Å². The monoisotopic (exact) mass is 299 g/mol. The van der Waals surface area contributed by atoms with Gasteiger partial charge in [-0.1, -0.05) is 11.8 Å². The van der Waals surface area contributed by atoms with Crippen LogP contribution in [0.3, 0.4) is 0 Å². The summed E-state index contributed by atoms with van der Waals surface area (Å²) in [7, 11) is -3.18. The smallest absolute Gasteiger partial charge is 0.155 e. The van der Waals surface area contributed by atoms with Crippen LogP contribution in [0, 0.1) is 17.7 Å². The molecule has 2 N–H and O–H groups in total. The molecule has 1 aromatic carbocycles. The summed E-state index contributed by atoms with van der Waals surface area (Å²) < 4.78 is 41.8. The van der Waals surface area contributed by atoms with Gasteiger partial charge >= 0.3 is 0 Å². The molecule has 20 heavy (non-hydrogen) atoms. The van der Waals surface area contributed by atoms with Crippen LogP contribution in [-0.2, 0) is 9.84 Å². The molecule has 0 saturated heterocycles. The van der Waals surface area contributed by atoms with E-state index in [2.05, 4.69) is 11.8 Å². The summed E-state index contributed by atoms with van der Waals surface area (Å²) in [5.41, 5.74) is 5.76. The Morgan fingerprint density at radius 2 is 2.10 bits per heavy atom. The Kier molecular flexibility index (Phi) is 5.99. The van der Waals surface area contributed by atoms with Crippen molar-refractivity contribution in [2.45, 2.75) is 19.1 Å². The summed E-state index contributed by atoms with van der Waals surface area (Å²) in [5, 5.41) is -0.463. The molecule has 6 heteroatoms. The zero-order valence-electron chi connectivity index (χ0n) is 11.5. The molecule has 1 aromatic rings. The largest absolute Gasteiger partial charge is 0.491 e. The topological polar surface area (TPSA) is 69.4 Å². The molecule has 110 valence electrons. The third-order valence-electron chi connectivity index (χ3n) is 2.61. The van der Waals surface area contributed by atoms with Gasteiger partial charge in [0.15, 0.2) is 9.84 Å². The maximum absolute atomic E-state index is 13.2. The van der Waals surface area contributed by atoms with Gasteiger partial charge < -0.3 is 10.5 Å². The highest BCUT2D eigenvalue weighted by molar-refractivity contribution is 7.91. The maximum Gasteiger partial charge on any atom is 0.155 e. The first-order valence-electron chi connectivity index (χ1n) is 6.19. The lowest BCUT2D eigenvalue weighted by atomic mass is 10.2. The van der Waals surface area contributed by atoms with Crippen molar-refractivity contribution in [3.8, 4) is 17.6 Å². The first-order valence-corrected chi connectivity index (χ1v) is 7.91. The Labute approximate surface area is 119 Å². The van der Waals surface area contributed by atoms with Crippen LogP contribution in [0.2, 0.25) is 0 Å². The van der Waals surface area contributed by atoms with Crippen molar-refractivity contribution in [2.75, 3.05) is 18.9 Å². The number of halogens is 1. The van der Waals surface area contributed by atoms with Gasteiger partial charge in [0.2, 0.25) is 0 Å². The first kappa shape index (κ1) is 16.5. The zero-order valence-corrected chi connectivity index (χ0v) is 12.3. The van der Waals surface area contributed by atoms with Crippen LogP contribution in [0.15, 0.2) is 18.2 Å². The van der Waals surface area contributed by atoms with Crippen LogP contribution in [0.25, 0.3) is 0 Å². The summed E-state index contributed by atoms with van der Waals surface area (Å²) in [6, 6.07) is 3.92. The fourth-order valence-electron chi connectivity index (χ4n) is 1.37. The summed E-state index contributed by atoms with van der Waals surface area (Å²) in [6.45, 7) is 3.35. The maximum atomic E-state index is 13.2. The Morgan fingerprint density at radius 1 is 1.40 bits per heavy atom. The Hall–Kier alpha value is -1.58. The number of benzene rings is 1. The second-order valence-corrected chi connectivity index (χ2v) is 7.09. The van der Waals surface area contributed by atoms with E-state index in [4.69, 9.17) is 10.5 Å². The second kappa shape index (κ2) is 7.27. The van der Waals surface area contributed by atoms with Gasteiger partial charge in [0.1, 0.15) is 18.2 Å². The van der Waals surface area contributed by atoms with E-state index >= 15 is 0 Å². The lowest BCUT2D eigenvalue weighted by Gasteiger charge is -2.10. The van der Waals surface area contributed by atoms with Crippen molar-refractivity contribution >= 4 is 9.84 Å². The van der Waals surface area contributed by atoms with E-state index in [0.717, 1.165) is 0 Å². The minimum atomic E-state index is -3.18. The molecule has 0 aliphatic rings. The molecule has 0 spiro atoms. The number of nitrogens with two attached hydrogens (primary N) is 1. The van der Waals surface area contributed by atoms with Crippen molar-refractivity contribution in [1.29, 1.82) is 0 Å². The lowest BCUT2D eigenvalue weighted by molar-refractivity contribution is 0.337. The third kappa shape index (κ3) is 4.83. The van der Waals surface area contributed by atoms with E-state index in [1.165, 1.54) is 18.2 Å². The first-order chi connectivity index (χ1) is 9.36. The van der Waals surface area contributed by atoms with Gasteiger partial charge in [-0.2, -0.15) is 0 Å². The SMILES string of the molecule is CC(C)S(=O)(=O)CCOc1cc(F)ccc1C#CCN. The van der Waals surface area contributed by atoms with Gasteiger partial charge in [-0.3, -0.25) is 0 Å². The number of rotatable bonds is 5. The van der Waals surface area contributed by atoms with Crippen LogP contribution < -0.4 is 10.5 Å². The Morgan fingerprint density at radius 3 is 2.70 bits per heavy atom. The summed E-state index contributed by atoms with van der Waals surface area (Å²) in [5.74, 6) is 5.04. The lowest BCUT2D eigenvalue weighted by Crippen LogP contribution is -2.22. The highest BCUT2D eigenvalue weighted by Gasteiger charge is 2.16. The highest BCUT2D eigenvalue weighted by atomic mass is 32.2.